The lowest BCUT2D eigenvalue weighted by atomic mass is 10.1. The van der Waals surface area contributed by atoms with E-state index in [4.69, 9.17) is 0 Å². The Morgan fingerprint density at radius 2 is 1.79 bits per heavy atom. The van der Waals surface area contributed by atoms with Gasteiger partial charge in [0.1, 0.15) is 6.54 Å². The van der Waals surface area contributed by atoms with Crippen LogP contribution in [-0.4, -0.2) is 77.1 Å². The maximum absolute atomic E-state index is 12.7. The number of amides is 2. The first kappa shape index (κ1) is 25.0. The van der Waals surface area contributed by atoms with Crippen LogP contribution in [0.2, 0.25) is 0 Å². The Morgan fingerprint density at radius 1 is 1.06 bits per heavy atom. The highest BCUT2D eigenvalue weighted by molar-refractivity contribution is 14.0. The molecule has 1 aromatic heterocycles. The van der Waals surface area contributed by atoms with Gasteiger partial charge in [-0.25, -0.2) is 0 Å². The predicted octanol–water partition coefficient (Wildman–Crippen LogP) is 2.09. The molecule has 0 atom stereocenters. The van der Waals surface area contributed by atoms with E-state index >= 15 is 0 Å². The SMILES string of the molecule is CN=C(NCc1ccc(C(=O)N2CCCCC2)cc1)N1CCN(c2cnn(C)c2)C(=O)C1.I. The van der Waals surface area contributed by atoms with E-state index in [1.165, 1.54) is 6.42 Å². The molecule has 2 fully saturated rings. The quantitative estimate of drug-likeness (QED) is 0.349. The van der Waals surface area contributed by atoms with Crippen molar-refractivity contribution >= 4 is 47.4 Å². The Bertz CT molecular complexity index is 983. The van der Waals surface area contributed by atoms with Gasteiger partial charge in [0.25, 0.3) is 5.91 Å². The molecule has 2 aromatic rings. The molecular formula is C23H32IN7O2. The smallest absolute Gasteiger partial charge is 0.253 e. The van der Waals surface area contributed by atoms with Crippen LogP contribution in [0.4, 0.5) is 5.69 Å². The molecule has 0 aliphatic carbocycles. The zero-order chi connectivity index (χ0) is 22.5. The minimum Gasteiger partial charge on any atom is -0.352 e. The van der Waals surface area contributed by atoms with Crippen molar-refractivity contribution in [1.29, 1.82) is 0 Å². The molecule has 10 heteroatoms. The summed E-state index contributed by atoms with van der Waals surface area (Å²) in [6.45, 7) is 3.80. The van der Waals surface area contributed by atoms with Crippen LogP contribution < -0.4 is 10.2 Å². The topological polar surface area (TPSA) is 86.1 Å². The number of piperidine rings is 1. The molecule has 178 valence electrons. The normalized spacial score (nSPS) is 17.1. The van der Waals surface area contributed by atoms with Gasteiger partial charge in [0.05, 0.1) is 11.9 Å². The lowest BCUT2D eigenvalue weighted by Crippen LogP contribution is -2.55. The molecule has 1 N–H and O–H groups in total. The van der Waals surface area contributed by atoms with Crippen molar-refractivity contribution in [2.24, 2.45) is 12.0 Å². The van der Waals surface area contributed by atoms with E-state index in [2.05, 4.69) is 15.4 Å². The second-order valence-corrected chi connectivity index (χ2v) is 8.29. The molecule has 0 bridgehead atoms. The number of hydrogen-bond donors (Lipinski definition) is 1. The number of guanidine groups is 1. The molecule has 2 aliphatic rings. The first-order valence-electron chi connectivity index (χ1n) is 11.2. The number of piperazine rings is 1. The third-order valence-corrected chi connectivity index (χ3v) is 6.03. The largest absolute Gasteiger partial charge is 0.352 e. The van der Waals surface area contributed by atoms with Crippen LogP contribution in [-0.2, 0) is 18.4 Å². The fourth-order valence-electron chi connectivity index (χ4n) is 4.23. The van der Waals surface area contributed by atoms with Crippen molar-refractivity contribution in [2.75, 3.05) is 44.7 Å². The van der Waals surface area contributed by atoms with E-state index in [-0.39, 0.29) is 42.3 Å². The number of benzene rings is 1. The van der Waals surface area contributed by atoms with Crippen LogP contribution in [0.3, 0.4) is 0 Å². The average molecular weight is 565 g/mol. The number of rotatable bonds is 4. The maximum Gasteiger partial charge on any atom is 0.253 e. The number of carbonyl (C=O) groups is 2. The van der Waals surface area contributed by atoms with Crippen molar-refractivity contribution in [3.05, 3.63) is 47.8 Å². The van der Waals surface area contributed by atoms with E-state index in [1.807, 2.05) is 47.3 Å². The van der Waals surface area contributed by atoms with Crippen molar-refractivity contribution < 1.29 is 9.59 Å². The summed E-state index contributed by atoms with van der Waals surface area (Å²) in [5.74, 6) is 0.829. The van der Waals surface area contributed by atoms with Gasteiger partial charge in [0.15, 0.2) is 5.96 Å². The average Bonchev–Trinajstić information content (AvgIpc) is 3.26. The highest BCUT2D eigenvalue weighted by Crippen LogP contribution is 2.17. The van der Waals surface area contributed by atoms with Crippen LogP contribution in [0.15, 0.2) is 41.7 Å². The summed E-state index contributed by atoms with van der Waals surface area (Å²) in [6.07, 6.45) is 6.94. The number of carbonyl (C=O) groups excluding carboxylic acids is 2. The van der Waals surface area contributed by atoms with Gasteiger partial charge >= 0.3 is 0 Å². The van der Waals surface area contributed by atoms with Gasteiger partial charge in [-0.05, 0) is 37.0 Å². The number of nitrogens with one attached hydrogen (secondary N) is 1. The molecule has 9 nitrogen and oxygen atoms in total. The molecule has 0 radical (unpaired) electrons. The van der Waals surface area contributed by atoms with Gasteiger partial charge in [-0.3, -0.25) is 19.3 Å². The molecule has 4 rings (SSSR count). The maximum atomic E-state index is 12.7. The van der Waals surface area contributed by atoms with Crippen LogP contribution in [0.5, 0.6) is 0 Å². The van der Waals surface area contributed by atoms with Gasteiger partial charge in [0, 0.05) is 58.6 Å². The first-order chi connectivity index (χ1) is 15.5. The Labute approximate surface area is 211 Å². The van der Waals surface area contributed by atoms with Crippen LogP contribution in [0, 0.1) is 0 Å². The van der Waals surface area contributed by atoms with Crippen molar-refractivity contribution in [3.63, 3.8) is 0 Å². The number of halogens is 1. The van der Waals surface area contributed by atoms with Crippen molar-refractivity contribution in [1.82, 2.24) is 24.9 Å². The molecule has 0 saturated carbocycles. The molecule has 0 spiro atoms. The van der Waals surface area contributed by atoms with Crippen LogP contribution in [0.25, 0.3) is 0 Å². The molecule has 3 heterocycles. The summed E-state index contributed by atoms with van der Waals surface area (Å²) in [7, 11) is 3.56. The van der Waals surface area contributed by atoms with E-state index in [1.54, 1.807) is 22.8 Å². The number of anilines is 1. The number of hydrogen-bond acceptors (Lipinski definition) is 4. The van der Waals surface area contributed by atoms with Crippen molar-refractivity contribution in [2.45, 2.75) is 25.8 Å². The second-order valence-electron chi connectivity index (χ2n) is 8.29. The Morgan fingerprint density at radius 3 is 2.39 bits per heavy atom. The summed E-state index contributed by atoms with van der Waals surface area (Å²) in [5, 5.41) is 7.49. The fraction of sp³-hybridized carbons (Fsp3) is 0.478. The first-order valence-corrected chi connectivity index (χ1v) is 11.2. The summed E-state index contributed by atoms with van der Waals surface area (Å²) in [4.78, 5) is 35.3. The van der Waals surface area contributed by atoms with Crippen LogP contribution >= 0.6 is 24.0 Å². The monoisotopic (exact) mass is 565 g/mol. The van der Waals surface area contributed by atoms with E-state index in [9.17, 15) is 9.59 Å². The fourth-order valence-corrected chi connectivity index (χ4v) is 4.23. The number of likely N-dealkylation sites (tertiary alicyclic amines) is 1. The van der Waals surface area contributed by atoms with Gasteiger partial charge in [-0.15, -0.1) is 24.0 Å². The number of nitrogens with zero attached hydrogens (tertiary/aromatic N) is 6. The van der Waals surface area contributed by atoms with E-state index < -0.39 is 0 Å². The molecule has 33 heavy (non-hydrogen) atoms. The molecule has 2 saturated heterocycles. The Balaban J connectivity index is 0.00000306. The standard InChI is InChI=1S/C23H31N7O2.HI/c1-24-23(29-12-13-30(21(31)17-29)20-15-26-27(2)16-20)25-14-18-6-8-19(9-7-18)22(32)28-10-4-3-5-11-28;/h6-9,15-16H,3-5,10-14,17H2,1-2H3,(H,24,25);1H. The lowest BCUT2D eigenvalue weighted by Gasteiger charge is -2.35. The summed E-state index contributed by atoms with van der Waals surface area (Å²) < 4.78 is 1.70. The third-order valence-electron chi connectivity index (χ3n) is 6.03. The number of aryl methyl sites for hydroxylation is 1. The molecular weight excluding hydrogens is 533 g/mol. The minimum absolute atomic E-state index is 0. The minimum atomic E-state index is 0. The summed E-state index contributed by atoms with van der Waals surface area (Å²) >= 11 is 0. The zero-order valence-electron chi connectivity index (χ0n) is 19.2. The lowest BCUT2D eigenvalue weighted by molar-refractivity contribution is -0.120. The molecule has 0 unspecified atom stereocenters. The summed E-state index contributed by atoms with van der Waals surface area (Å²) in [5.41, 5.74) is 2.61. The summed E-state index contributed by atoms with van der Waals surface area (Å²) in [6, 6.07) is 7.74. The van der Waals surface area contributed by atoms with Gasteiger partial charge in [-0.1, -0.05) is 12.1 Å². The van der Waals surface area contributed by atoms with E-state index in [0.29, 0.717) is 25.6 Å². The predicted molar refractivity (Wildman–Crippen MR) is 139 cm³/mol. The highest BCUT2D eigenvalue weighted by atomic mass is 127. The van der Waals surface area contributed by atoms with Gasteiger partial charge in [-0.2, -0.15) is 5.10 Å². The molecule has 2 amide bonds. The van der Waals surface area contributed by atoms with E-state index in [0.717, 1.165) is 42.7 Å². The second kappa shape index (κ2) is 11.5. The number of aliphatic imine (C=N–C) groups is 1. The van der Waals surface area contributed by atoms with Gasteiger partial charge < -0.3 is 20.0 Å². The van der Waals surface area contributed by atoms with Gasteiger partial charge in [0.2, 0.25) is 5.91 Å². The molecule has 1 aromatic carbocycles. The Kier molecular flexibility index (Phi) is 8.70. The van der Waals surface area contributed by atoms with Crippen LogP contribution in [0.1, 0.15) is 35.2 Å². The Hall–Kier alpha value is -2.63. The zero-order valence-corrected chi connectivity index (χ0v) is 21.6. The third kappa shape index (κ3) is 6.04. The number of aromatic nitrogens is 2. The highest BCUT2D eigenvalue weighted by Gasteiger charge is 2.27. The molecule has 2 aliphatic heterocycles. The van der Waals surface area contributed by atoms with Crippen molar-refractivity contribution in [3.8, 4) is 0 Å².